The molecule has 1 N–H and O–H groups in total. The van der Waals surface area contributed by atoms with Crippen molar-refractivity contribution in [2.45, 2.75) is 13.5 Å². The number of halogens is 1. The fourth-order valence-corrected chi connectivity index (χ4v) is 3.26. The van der Waals surface area contributed by atoms with E-state index < -0.39 is 0 Å². The summed E-state index contributed by atoms with van der Waals surface area (Å²) in [6.07, 6.45) is 1.80. The number of nitrogens with one attached hydrogen (secondary N) is 1. The van der Waals surface area contributed by atoms with Gasteiger partial charge in [-0.3, -0.25) is 14.0 Å². The third-order valence-corrected chi connectivity index (χ3v) is 4.79. The first kappa shape index (κ1) is 18.9. The zero-order valence-corrected chi connectivity index (χ0v) is 16.4. The summed E-state index contributed by atoms with van der Waals surface area (Å²) >= 11 is 5.92. The molecular weight excluding hydrogens is 390 g/mol. The lowest BCUT2D eigenvalue weighted by Crippen LogP contribution is -2.32. The number of fused-ring (bicyclic) bond motifs is 1. The Bertz CT molecular complexity index is 1240. The summed E-state index contributed by atoms with van der Waals surface area (Å²) in [5.41, 5.74) is 3.12. The molecule has 1 amide bonds. The molecule has 4 aromatic rings. The standard InChI is InChI=1S/C21H18ClN5O2/c1-14-20(26-12-3-2-4-18(26)24-14)21(29)23-11-13-27-19(28)10-9-17(25-27)15-5-7-16(22)8-6-15/h2-10,12H,11,13H2,1H3,(H,23,29). The highest BCUT2D eigenvalue weighted by Gasteiger charge is 2.15. The monoisotopic (exact) mass is 407 g/mol. The number of nitrogens with zero attached hydrogens (tertiary/aromatic N) is 4. The predicted molar refractivity (Wildman–Crippen MR) is 111 cm³/mol. The molecule has 0 fully saturated rings. The number of benzene rings is 1. The van der Waals surface area contributed by atoms with Gasteiger partial charge in [-0.05, 0) is 37.3 Å². The van der Waals surface area contributed by atoms with Crippen LogP contribution in [0.3, 0.4) is 0 Å². The van der Waals surface area contributed by atoms with Gasteiger partial charge in [-0.2, -0.15) is 5.10 Å². The molecule has 3 heterocycles. The van der Waals surface area contributed by atoms with Gasteiger partial charge in [0.15, 0.2) is 0 Å². The van der Waals surface area contributed by atoms with Crippen molar-refractivity contribution in [3.8, 4) is 11.3 Å². The quantitative estimate of drug-likeness (QED) is 0.551. The first-order chi connectivity index (χ1) is 14.0. The van der Waals surface area contributed by atoms with E-state index in [1.165, 1.54) is 10.7 Å². The molecule has 0 saturated heterocycles. The Kier molecular flexibility index (Phi) is 5.14. The maximum Gasteiger partial charge on any atom is 0.270 e. The minimum atomic E-state index is -0.247. The molecule has 0 aliphatic heterocycles. The van der Waals surface area contributed by atoms with Gasteiger partial charge >= 0.3 is 0 Å². The van der Waals surface area contributed by atoms with Crippen molar-refractivity contribution >= 4 is 23.2 Å². The van der Waals surface area contributed by atoms with Crippen LogP contribution in [-0.4, -0.2) is 31.6 Å². The smallest absolute Gasteiger partial charge is 0.270 e. The second-order valence-corrected chi connectivity index (χ2v) is 6.95. The van der Waals surface area contributed by atoms with Crippen LogP contribution in [0.1, 0.15) is 16.2 Å². The van der Waals surface area contributed by atoms with Crippen LogP contribution in [-0.2, 0) is 6.54 Å². The minimum Gasteiger partial charge on any atom is -0.349 e. The topological polar surface area (TPSA) is 81.3 Å². The minimum absolute atomic E-state index is 0.233. The van der Waals surface area contributed by atoms with Crippen LogP contribution in [0.5, 0.6) is 0 Å². The summed E-state index contributed by atoms with van der Waals surface area (Å²) in [4.78, 5) is 29.2. The highest BCUT2D eigenvalue weighted by Crippen LogP contribution is 2.18. The summed E-state index contributed by atoms with van der Waals surface area (Å²) in [6, 6.07) is 15.9. The molecule has 29 heavy (non-hydrogen) atoms. The second kappa shape index (κ2) is 7.89. The first-order valence-electron chi connectivity index (χ1n) is 9.09. The van der Waals surface area contributed by atoms with Crippen molar-refractivity contribution in [2.24, 2.45) is 0 Å². The van der Waals surface area contributed by atoms with Crippen LogP contribution >= 0.6 is 11.6 Å². The van der Waals surface area contributed by atoms with Gasteiger partial charge in [0.05, 0.1) is 17.9 Å². The van der Waals surface area contributed by atoms with Crippen molar-refractivity contribution in [1.29, 1.82) is 0 Å². The molecule has 8 heteroatoms. The number of pyridine rings is 1. The molecule has 4 rings (SSSR count). The average molecular weight is 408 g/mol. The molecule has 0 bridgehead atoms. The SMILES string of the molecule is Cc1nc2ccccn2c1C(=O)NCCn1nc(-c2ccc(Cl)cc2)ccc1=O. The van der Waals surface area contributed by atoms with Gasteiger partial charge in [-0.1, -0.05) is 29.8 Å². The summed E-state index contributed by atoms with van der Waals surface area (Å²) in [6.45, 7) is 2.31. The van der Waals surface area contributed by atoms with Gasteiger partial charge in [-0.15, -0.1) is 0 Å². The maximum atomic E-state index is 12.6. The molecule has 0 radical (unpaired) electrons. The second-order valence-electron chi connectivity index (χ2n) is 6.52. The molecule has 0 spiro atoms. The number of imidazole rings is 1. The van der Waals surface area contributed by atoms with E-state index in [1.807, 2.05) is 30.3 Å². The molecule has 7 nitrogen and oxygen atoms in total. The Morgan fingerprint density at radius 1 is 1.10 bits per heavy atom. The zero-order valence-electron chi connectivity index (χ0n) is 15.7. The molecule has 0 aliphatic rings. The van der Waals surface area contributed by atoms with Gasteiger partial charge < -0.3 is 5.32 Å². The third-order valence-electron chi connectivity index (χ3n) is 4.54. The van der Waals surface area contributed by atoms with E-state index in [9.17, 15) is 9.59 Å². The van der Waals surface area contributed by atoms with Crippen molar-refractivity contribution in [2.75, 3.05) is 6.54 Å². The van der Waals surface area contributed by atoms with E-state index >= 15 is 0 Å². The van der Waals surface area contributed by atoms with E-state index in [0.717, 1.165) is 5.56 Å². The number of hydrogen-bond donors (Lipinski definition) is 1. The summed E-state index contributed by atoms with van der Waals surface area (Å²) < 4.78 is 3.09. The Morgan fingerprint density at radius 2 is 1.90 bits per heavy atom. The molecule has 0 atom stereocenters. The molecule has 146 valence electrons. The van der Waals surface area contributed by atoms with E-state index in [1.54, 1.807) is 35.7 Å². The van der Waals surface area contributed by atoms with Gasteiger partial charge in [0.2, 0.25) is 0 Å². The lowest BCUT2D eigenvalue weighted by Gasteiger charge is -2.09. The van der Waals surface area contributed by atoms with Crippen LogP contribution in [0.25, 0.3) is 16.9 Å². The van der Waals surface area contributed by atoms with Gasteiger partial charge in [0.25, 0.3) is 11.5 Å². The molecule has 1 aromatic carbocycles. The number of hydrogen-bond acceptors (Lipinski definition) is 4. The van der Waals surface area contributed by atoms with Crippen LogP contribution in [0.2, 0.25) is 5.02 Å². The van der Waals surface area contributed by atoms with Gasteiger partial charge in [0.1, 0.15) is 11.3 Å². The van der Waals surface area contributed by atoms with E-state index in [2.05, 4.69) is 15.4 Å². The van der Waals surface area contributed by atoms with Gasteiger partial charge in [-0.25, -0.2) is 9.67 Å². The lowest BCUT2D eigenvalue weighted by molar-refractivity contribution is 0.0945. The number of rotatable bonds is 5. The lowest BCUT2D eigenvalue weighted by atomic mass is 10.1. The van der Waals surface area contributed by atoms with E-state index in [-0.39, 0.29) is 24.6 Å². The predicted octanol–water partition coefficient (Wildman–Crippen LogP) is 2.95. The van der Waals surface area contributed by atoms with E-state index in [4.69, 9.17) is 11.6 Å². The first-order valence-corrected chi connectivity index (χ1v) is 9.47. The zero-order chi connectivity index (χ0) is 20.4. The normalized spacial score (nSPS) is 11.0. The number of carbonyl (C=O) groups is 1. The van der Waals surface area contributed by atoms with Crippen molar-refractivity contribution in [1.82, 2.24) is 24.5 Å². The van der Waals surface area contributed by atoms with Gasteiger partial charge in [0, 0.05) is 29.4 Å². The Morgan fingerprint density at radius 3 is 2.69 bits per heavy atom. The maximum absolute atomic E-state index is 12.6. The molecule has 3 aromatic heterocycles. The highest BCUT2D eigenvalue weighted by atomic mass is 35.5. The van der Waals surface area contributed by atoms with E-state index in [0.29, 0.717) is 27.8 Å². The summed E-state index contributed by atoms with van der Waals surface area (Å²) in [7, 11) is 0. The Hall–Kier alpha value is -3.45. The van der Waals surface area contributed by atoms with Crippen molar-refractivity contribution in [3.63, 3.8) is 0 Å². The van der Waals surface area contributed by atoms with Crippen molar-refractivity contribution < 1.29 is 4.79 Å². The van der Waals surface area contributed by atoms with Crippen LogP contribution in [0.4, 0.5) is 0 Å². The molecular formula is C21H18ClN5O2. The Balaban J connectivity index is 1.48. The largest absolute Gasteiger partial charge is 0.349 e. The summed E-state index contributed by atoms with van der Waals surface area (Å²) in [5.74, 6) is -0.247. The fraction of sp³-hybridized carbons (Fsp3) is 0.143. The number of aromatic nitrogens is 4. The summed E-state index contributed by atoms with van der Waals surface area (Å²) in [5, 5.41) is 7.87. The number of carbonyl (C=O) groups excluding carboxylic acids is 1. The molecule has 0 saturated carbocycles. The van der Waals surface area contributed by atoms with Crippen LogP contribution in [0, 0.1) is 6.92 Å². The van der Waals surface area contributed by atoms with Crippen LogP contribution in [0.15, 0.2) is 65.6 Å². The van der Waals surface area contributed by atoms with Crippen molar-refractivity contribution in [3.05, 3.63) is 87.6 Å². The number of amides is 1. The highest BCUT2D eigenvalue weighted by molar-refractivity contribution is 6.30. The average Bonchev–Trinajstić information content (AvgIpc) is 3.05. The number of aryl methyl sites for hydroxylation is 1. The molecule has 0 aliphatic carbocycles. The Labute approximate surface area is 171 Å². The fourth-order valence-electron chi connectivity index (χ4n) is 3.13. The molecule has 0 unspecified atom stereocenters. The van der Waals surface area contributed by atoms with Crippen LogP contribution < -0.4 is 10.9 Å². The third kappa shape index (κ3) is 3.90.